The van der Waals surface area contributed by atoms with Crippen molar-refractivity contribution in [2.75, 3.05) is 12.3 Å². The second-order valence-corrected chi connectivity index (χ2v) is 3.14. The van der Waals surface area contributed by atoms with Gasteiger partial charge >= 0.3 is 12.3 Å². The SMILES string of the molecule is Nc1cc(COCC(F)(F)C(F)F)ccn1. The van der Waals surface area contributed by atoms with Crippen LogP contribution in [0.3, 0.4) is 0 Å². The summed E-state index contributed by atoms with van der Waals surface area (Å²) in [5, 5.41) is 0. The molecule has 0 bridgehead atoms. The van der Waals surface area contributed by atoms with Gasteiger partial charge < -0.3 is 10.5 Å². The van der Waals surface area contributed by atoms with Gasteiger partial charge in [-0.15, -0.1) is 0 Å². The van der Waals surface area contributed by atoms with Gasteiger partial charge in [0, 0.05) is 6.20 Å². The number of aromatic nitrogens is 1. The number of hydrogen-bond acceptors (Lipinski definition) is 3. The summed E-state index contributed by atoms with van der Waals surface area (Å²) >= 11 is 0. The molecule has 7 heteroatoms. The van der Waals surface area contributed by atoms with E-state index in [2.05, 4.69) is 9.72 Å². The summed E-state index contributed by atoms with van der Waals surface area (Å²) in [6.07, 6.45) is -2.35. The van der Waals surface area contributed by atoms with E-state index in [0.717, 1.165) is 0 Å². The summed E-state index contributed by atoms with van der Waals surface area (Å²) in [6.45, 7) is -1.54. The maximum absolute atomic E-state index is 12.4. The number of nitrogens with zero attached hydrogens (tertiary/aromatic N) is 1. The molecule has 1 rings (SSSR count). The van der Waals surface area contributed by atoms with E-state index in [1.165, 1.54) is 18.3 Å². The van der Waals surface area contributed by atoms with E-state index in [1.807, 2.05) is 0 Å². The van der Waals surface area contributed by atoms with Crippen LogP contribution in [0.15, 0.2) is 18.3 Å². The first-order chi connectivity index (χ1) is 7.42. The van der Waals surface area contributed by atoms with Gasteiger partial charge in [-0.1, -0.05) is 0 Å². The number of nitrogens with two attached hydrogens (primary N) is 1. The first kappa shape index (κ1) is 12.7. The Kier molecular flexibility index (Phi) is 4.05. The number of pyridine rings is 1. The third-order valence-electron chi connectivity index (χ3n) is 1.73. The molecule has 1 heterocycles. The van der Waals surface area contributed by atoms with E-state index in [4.69, 9.17) is 5.73 Å². The van der Waals surface area contributed by atoms with Crippen molar-refractivity contribution in [1.82, 2.24) is 4.98 Å². The molecular weight excluding hydrogens is 228 g/mol. The van der Waals surface area contributed by atoms with Crippen LogP contribution in [0.2, 0.25) is 0 Å². The van der Waals surface area contributed by atoms with Gasteiger partial charge in [-0.25, -0.2) is 13.8 Å². The van der Waals surface area contributed by atoms with Gasteiger partial charge in [0.25, 0.3) is 0 Å². The van der Waals surface area contributed by atoms with Crippen LogP contribution in [0.25, 0.3) is 0 Å². The van der Waals surface area contributed by atoms with E-state index in [9.17, 15) is 17.6 Å². The molecule has 0 fully saturated rings. The molecular formula is C9H10F4N2O. The molecule has 0 aliphatic heterocycles. The van der Waals surface area contributed by atoms with E-state index in [1.54, 1.807) is 0 Å². The first-order valence-electron chi connectivity index (χ1n) is 4.36. The van der Waals surface area contributed by atoms with Gasteiger partial charge in [0.15, 0.2) is 0 Å². The zero-order chi connectivity index (χ0) is 12.2. The Balaban J connectivity index is 2.42. The molecule has 16 heavy (non-hydrogen) atoms. The Hall–Kier alpha value is -1.37. The molecule has 0 aliphatic carbocycles. The fourth-order valence-electron chi connectivity index (χ4n) is 0.952. The predicted octanol–water partition coefficient (Wildman–Crippen LogP) is 2.08. The zero-order valence-electron chi connectivity index (χ0n) is 8.17. The van der Waals surface area contributed by atoms with Gasteiger partial charge in [-0.3, -0.25) is 0 Å². The number of hydrogen-bond donors (Lipinski definition) is 1. The summed E-state index contributed by atoms with van der Waals surface area (Å²) in [7, 11) is 0. The molecule has 0 spiro atoms. The van der Waals surface area contributed by atoms with Gasteiger partial charge in [0.05, 0.1) is 6.61 Å². The molecule has 0 atom stereocenters. The fraction of sp³-hybridized carbons (Fsp3) is 0.444. The molecule has 0 saturated carbocycles. The average molecular weight is 238 g/mol. The summed E-state index contributed by atoms with van der Waals surface area (Å²) < 4.78 is 52.8. The molecule has 1 aromatic rings. The lowest BCUT2D eigenvalue weighted by Gasteiger charge is -2.15. The quantitative estimate of drug-likeness (QED) is 0.799. The number of alkyl halides is 4. The summed E-state index contributed by atoms with van der Waals surface area (Å²) in [5.74, 6) is -3.92. The number of anilines is 1. The molecule has 1 aromatic heterocycles. The molecule has 0 aliphatic rings. The average Bonchev–Trinajstić information content (AvgIpc) is 2.17. The van der Waals surface area contributed by atoms with Crippen LogP contribution < -0.4 is 5.73 Å². The Labute approximate surface area is 89.2 Å². The largest absolute Gasteiger partial charge is 0.384 e. The van der Waals surface area contributed by atoms with Gasteiger partial charge in [0.2, 0.25) is 0 Å². The van der Waals surface area contributed by atoms with Crippen molar-refractivity contribution in [2.24, 2.45) is 0 Å². The van der Waals surface area contributed by atoms with E-state index in [-0.39, 0.29) is 12.4 Å². The fourth-order valence-corrected chi connectivity index (χ4v) is 0.952. The van der Waals surface area contributed by atoms with Crippen molar-refractivity contribution in [3.8, 4) is 0 Å². The zero-order valence-corrected chi connectivity index (χ0v) is 8.17. The minimum absolute atomic E-state index is 0.210. The summed E-state index contributed by atoms with van der Waals surface area (Å²) in [4.78, 5) is 3.68. The van der Waals surface area contributed by atoms with E-state index >= 15 is 0 Å². The minimum atomic E-state index is -4.13. The third-order valence-corrected chi connectivity index (χ3v) is 1.73. The maximum Gasteiger partial charge on any atom is 0.330 e. The van der Waals surface area contributed by atoms with Crippen molar-refractivity contribution in [1.29, 1.82) is 0 Å². The minimum Gasteiger partial charge on any atom is -0.384 e. The second-order valence-electron chi connectivity index (χ2n) is 3.14. The molecule has 2 N–H and O–H groups in total. The number of ether oxygens (including phenoxy) is 1. The lowest BCUT2D eigenvalue weighted by atomic mass is 10.3. The first-order valence-corrected chi connectivity index (χ1v) is 4.36. The predicted molar refractivity (Wildman–Crippen MR) is 49.3 cm³/mol. The molecule has 90 valence electrons. The van der Waals surface area contributed by atoms with Gasteiger partial charge in [0.1, 0.15) is 12.4 Å². The number of nitrogen functional groups attached to an aromatic ring is 1. The van der Waals surface area contributed by atoms with Crippen molar-refractivity contribution in [3.05, 3.63) is 23.9 Å². The highest BCUT2D eigenvalue weighted by Crippen LogP contribution is 2.23. The van der Waals surface area contributed by atoms with Crippen molar-refractivity contribution in [3.63, 3.8) is 0 Å². The Morgan fingerprint density at radius 2 is 2.12 bits per heavy atom. The standard InChI is InChI=1S/C9H10F4N2O/c10-8(11)9(12,13)5-16-4-6-1-2-15-7(14)3-6/h1-3,8H,4-5H2,(H2,14,15). The highest BCUT2D eigenvalue weighted by Gasteiger charge is 2.40. The van der Waals surface area contributed by atoms with Crippen molar-refractivity contribution < 1.29 is 22.3 Å². The smallest absolute Gasteiger partial charge is 0.330 e. The van der Waals surface area contributed by atoms with Crippen LogP contribution in [-0.2, 0) is 11.3 Å². The second kappa shape index (κ2) is 5.11. The van der Waals surface area contributed by atoms with Crippen LogP contribution in [-0.4, -0.2) is 23.9 Å². The Morgan fingerprint density at radius 1 is 1.44 bits per heavy atom. The Morgan fingerprint density at radius 3 is 2.69 bits per heavy atom. The molecule has 0 aromatic carbocycles. The third kappa shape index (κ3) is 3.65. The monoisotopic (exact) mass is 238 g/mol. The topological polar surface area (TPSA) is 48.1 Å². The number of halogens is 4. The molecule has 0 amide bonds. The van der Waals surface area contributed by atoms with Crippen LogP contribution in [0.5, 0.6) is 0 Å². The lowest BCUT2D eigenvalue weighted by molar-refractivity contribution is -0.168. The molecule has 0 saturated heterocycles. The maximum atomic E-state index is 12.4. The highest BCUT2D eigenvalue weighted by molar-refractivity contribution is 5.31. The Bertz CT molecular complexity index is 346. The number of rotatable bonds is 5. The summed E-state index contributed by atoms with van der Waals surface area (Å²) in [5.41, 5.74) is 5.83. The van der Waals surface area contributed by atoms with Crippen LogP contribution >= 0.6 is 0 Å². The van der Waals surface area contributed by atoms with Crippen molar-refractivity contribution in [2.45, 2.75) is 19.0 Å². The normalized spacial score (nSPS) is 12.1. The van der Waals surface area contributed by atoms with Gasteiger partial charge in [-0.2, -0.15) is 8.78 Å². The summed E-state index contributed by atoms with van der Waals surface area (Å²) in [6, 6.07) is 2.91. The highest BCUT2D eigenvalue weighted by atomic mass is 19.3. The van der Waals surface area contributed by atoms with Crippen LogP contribution in [0, 0.1) is 0 Å². The van der Waals surface area contributed by atoms with E-state index < -0.39 is 19.0 Å². The molecule has 0 unspecified atom stereocenters. The van der Waals surface area contributed by atoms with Gasteiger partial charge in [-0.05, 0) is 17.7 Å². The molecule has 0 radical (unpaired) electrons. The molecule has 3 nitrogen and oxygen atoms in total. The van der Waals surface area contributed by atoms with Crippen LogP contribution in [0.1, 0.15) is 5.56 Å². The van der Waals surface area contributed by atoms with Crippen LogP contribution in [0.4, 0.5) is 23.4 Å². The lowest BCUT2D eigenvalue weighted by Crippen LogP contribution is -2.32. The van der Waals surface area contributed by atoms with E-state index in [0.29, 0.717) is 5.56 Å². The van der Waals surface area contributed by atoms with Crippen molar-refractivity contribution >= 4 is 5.82 Å².